The second-order valence-corrected chi connectivity index (χ2v) is 3.82. The highest BCUT2D eigenvalue weighted by atomic mass is 79.9. The van der Waals surface area contributed by atoms with E-state index >= 15 is 0 Å². The Morgan fingerprint density at radius 3 is 2.50 bits per heavy atom. The van der Waals surface area contributed by atoms with Crippen LogP contribution in [0.2, 0.25) is 0 Å². The fourth-order valence-electron chi connectivity index (χ4n) is 1.18. The number of nitriles is 1. The molecule has 2 radical (unpaired) electrons. The molecule has 5 nitrogen and oxygen atoms in total. The molecule has 1 aromatic rings. The van der Waals surface area contributed by atoms with Gasteiger partial charge in [-0.25, -0.2) is 4.39 Å². The Balaban J connectivity index is 0.00000172. The van der Waals surface area contributed by atoms with E-state index in [1.54, 1.807) is 6.07 Å². The van der Waals surface area contributed by atoms with Crippen LogP contribution in [0.5, 0.6) is 5.75 Å². The maximum Gasteiger partial charge on any atom is 0.259 e. The fraction of sp³-hybridized carbons (Fsp3) is 0.333. The van der Waals surface area contributed by atoms with Crippen LogP contribution in [0.25, 0.3) is 0 Å². The lowest BCUT2D eigenvalue weighted by Gasteiger charge is -2.20. The molecular weight excluding hydrogens is 332 g/mol. The summed E-state index contributed by atoms with van der Waals surface area (Å²) < 4.78 is 17.8. The SMILES string of the molecule is CC.[B]C(O)(O)Oc1cc(F)c(C#N)cc1C(=O)CBr. The fourth-order valence-corrected chi connectivity index (χ4v) is 1.48. The molecule has 106 valence electrons. The molecule has 0 spiro atoms. The Kier molecular flexibility index (Phi) is 7.43. The van der Waals surface area contributed by atoms with Crippen LogP contribution in [0.3, 0.4) is 0 Å². The van der Waals surface area contributed by atoms with Crippen molar-refractivity contribution < 1.29 is 24.1 Å². The molecule has 0 saturated carbocycles. The molecule has 20 heavy (non-hydrogen) atoms. The van der Waals surface area contributed by atoms with Crippen LogP contribution in [0, 0.1) is 17.1 Å². The van der Waals surface area contributed by atoms with Gasteiger partial charge in [0, 0.05) is 6.07 Å². The zero-order chi connectivity index (χ0) is 15.9. The molecule has 0 fully saturated rings. The van der Waals surface area contributed by atoms with Gasteiger partial charge in [-0.2, -0.15) is 5.26 Å². The zero-order valence-corrected chi connectivity index (χ0v) is 12.4. The smallest absolute Gasteiger partial charge is 0.259 e. The van der Waals surface area contributed by atoms with Gasteiger partial charge in [0.15, 0.2) is 5.78 Å². The normalized spacial score (nSPS) is 10.1. The molecule has 0 amide bonds. The van der Waals surface area contributed by atoms with E-state index in [4.69, 9.17) is 23.3 Å². The number of benzene rings is 1. The van der Waals surface area contributed by atoms with E-state index in [2.05, 4.69) is 20.7 Å². The van der Waals surface area contributed by atoms with Gasteiger partial charge in [-0.1, -0.05) is 29.8 Å². The van der Waals surface area contributed by atoms with E-state index in [9.17, 15) is 9.18 Å². The van der Waals surface area contributed by atoms with E-state index < -0.39 is 23.2 Å². The second kappa shape index (κ2) is 7.99. The Morgan fingerprint density at radius 1 is 1.55 bits per heavy atom. The summed E-state index contributed by atoms with van der Waals surface area (Å²) in [5.74, 6) is -5.03. The van der Waals surface area contributed by atoms with Gasteiger partial charge in [-0.05, 0) is 6.07 Å². The van der Waals surface area contributed by atoms with Crippen LogP contribution >= 0.6 is 15.9 Å². The predicted molar refractivity (Wildman–Crippen MR) is 74.1 cm³/mol. The van der Waals surface area contributed by atoms with Crippen LogP contribution in [-0.4, -0.2) is 35.0 Å². The summed E-state index contributed by atoms with van der Waals surface area (Å²) in [6.45, 7) is 4.00. The minimum atomic E-state index is -3.05. The number of nitrogens with zero attached hydrogens (tertiary/aromatic N) is 1. The second-order valence-electron chi connectivity index (χ2n) is 3.26. The molecule has 2 N–H and O–H groups in total. The third kappa shape index (κ3) is 5.29. The molecule has 1 aromatic carbocycles. The maximum absolute atomic E-state index is 13.3. The summed E-state index contributed by atoms with van der Waals surface area (Å²) in [5, 5.41) is 26.3. The van der Waals surface area contributed by atoms with Gasteiger partial charge in [0.2, 0.25) is 7.85 Å². The van der Waals surface area contributed by atoms with E-state index in [0.29, 0.717) is 6.07 Å². The lowest BCUT2D eigenvalue weighted by molar-refractivity contribution is -0.223. The van der Waals surface area contributed by atoms with Crippen molar-refractivity contribution in [2.24, 2.45) is 0 Å². The molecule has 1 rings (SSSR count). The number of Topliss-reactive ketones (excluding diaryl/α,β-unsaturated/α-hetero) is 1. The molecule has 0 aliphatic rings. The van der Waals surface area contributed by atoms with Crippen molar-refractivity contribution in [1.82, 2.24) is 0 Å². The molecule has 0 bridgehead atoms. The Hall–Kier alpha value is -1.43. The van der Waals surface area contributed by atoms with Gasteiger partial charge in [-0.15, -0.1) is 0 Å². The van der Waals surface area contributed by atoms with Crippen molar-refractivity contribution in [2.75, 3.05) is 5.33 Å². The first kappa shape index (κ1) is 18.6. The molecule has 0 heterocycles. The molecule has 8 heteroatoms. The van der Waals surface area contributed by atoms with Crippen molar-refractivity contribution in [3.63, 3.8) is 0 Å². The highest BCUT2D eigenvalue weighted by Crippen LogP contribution is 2.25. The van der Waals surface area contributed by atoms with Crippen molar-refractivity contribution in [1.29, 1.82) is 5.26 Å². The van der Waals surface area contributed by atoms with Crippen LogP contribution in [0.4, 0.5) is 4.39 Å². The standard InChI is InChI=1S/C10H6BBrFNO4.C2H6/c11-10(16,17)18-9-2-7(13)5(4-14)1-6(9)8(15)3-12;1-2/h1-2,16-17H,3H2;1-2H3. The van der Waals surface area contributed by atoms with Crippen LogP contribution in [-0.2, 0) is 0 Å². The van der Waals surface area contributed by atoms with Gasteiger partial charge in [0.1, 0.15) is 17.6 Å². The maximum atomic E-state index is 13.3. The molecule has 0 aromatic heterocycles. The lowest BCUT2D eigenvalue weighted by Crippen LogP contribution is -2.36. The Bertz CT molecular complexity index is 525. The summed E-state index contributed by atoms with van der Waals surface area (Å²) >= 11 is 2.89. The van der Waals surface area contributed by atoms with E-state index in [-0.39, 0.29) is 16.5 Å². The molecule has 0 aliphatic carbocycles. The number of ether oxygens (including phenoxy) is 1. The van der Waals surface area contributed by atoms with Gasteiger partial charge < -0.3 is 14.9 Å². The average Bonchev–Trinajstić information content (AvgIpc) is 2.38. The summed E-state index contributed by atoms with van der Waals surface area (Å²) in [4.78, 5) is 11.5. The van der Waals surface area contributed by atoms with E-state index in [1.165, 1.54) is 0 Å². The number of halogens is 2. The average molecular weight is 344 g/mol. The summed E-state index contributed by atoms with van der Waals surface area (Å²) in [6, 6.07) is 3.18. The number of carbonyl (C=O) groups is 1. The number of carbonyl (C=O) groups excluding carboxylic acids is 1. The molecular formula is C12H12BBrFNO4. The first-order valence-corrected chi connectivity index (χ1v) is 6.66. The summed E-state index contributed by atoms with van der Waals surface area (Å²) in [5.41, 5.74) is -0.562. The van der Waals surface area contributed by atoms with Crippen molar-refractivity contribution in [3.8, 4) is 11.8 Å². The van der Waals surface area contributed by atoms with Crippen LogP contribution < -0.4 is 4.74 Å². The zero-order valence-electron chi connectivity index (χ0n) is 10.9. The highest BCUT2D eigenvalue weighted by Gasteiger charge is 2.23. The molecule has 0 unspecified atom stereocenters. The van der Waals surface area contributed by atoms with Crippen molar-refractivity contribution in [2.45, 2.75) is 19.7 Å². The number of hydrogen-bond acceptors (Lipinski definition) is 5. The van der Waals surface area contributed by atoms with Gasteiger partial charge in [-0.3, -0.25) is 4.79 Å². The lowest BCUT2D eigenvalue weighted by atomic mass is 10.0. The topological polar surface area (TPSA) is 90.5 Å². The van der Waals surface area contributed by atoms with Crippen LogP contribution in [0.15, 0.2) is 12.1 Å². The van der Waals surface area contributed by atoms with Crippen molar-refractivity contribution >= 4 is 29.6 Å². The van der Waals surface area contributed by atoms with Gasteiger partial charge in [0.25, 0.3) is 5.87 Å². The number of aliphatic hydroxyl groups is 2. The van der Waals surface area contributed by atoms with Crippen molar-refractivity contribution in [3.05, 3.63) is 29.1 Å². The predicted octanol–water partition coefficient (Wildman–Crippen LogP) is 1.44. The van der Waals surface area contributed by atoms with E-state index in [1.807, 2.05) is 13.8 Å². The van der Waals surface area contributed by atoms with E-state index in [0.717, 1.165) is 6.07 Å². The number of ketones is 1. The summed E-state index contributed by atoms with van der Waals surface area (Å²) in [7, 11) is 4.78. The monoisotopic (exact) mass is 343 g/mol. The number of alkyl halides is 1. The molecule has 0 aliphatic heterocycles. The highest BCUT2D eigenvalue weighted by molar-refractivity contribution is 9.09. The Labute approximate surface area is 125 Å². The third-order valence-corrected chi connectivity index (χ3v) is 2.38. The summed E-state index contributed by atoms with van der Waals surface area (Å²) in [6.07, 6.45) is 0. The third-order valence-electron chi connectivity index (χ3n) is 1.87. The van der Waals surface area contributed by atoms with Crippen LogP contribution in [0.1, 0.15) is 29.8 Å². The largest absolute Gasteiger partial charge is 0.448 e. The van der Waals surface area contributed by atoms with Gasteiger partial charge in [0.05, 0.1) is 16.5 Å². The number of rotatable bonds is 4. The minimum absolute atomic E-state index is 0.117. The molecule has 0 atom stereocenters. The molecule has 0 saturated heterocycles. The first-order valence-electron chi connectivity index (χ1n) is 5.54. The number of hydrogen-bond donors (Lipinski definition) is 2. The Morgan fingerprint density at radius 2 is 2.10 bits per heavy atom. The van der Waals surface area contributed by atoms with Gasteiger partial charge >= 0.3 is 0 Å². The quantitative estimate of drug-likeness (QED) is 0.373. The minimum Gasteiger partial charge on any atom is -0.448 e. The first-order chi connectivity index (χ1) is 9.28.